The van der Waals surface area contributed by atoms with Gasteiger partial charge in [-0.05, 0) is 23.8 Å². The summed E-state index contributed by atoms with van der Waals surface area (Å²) in [6, 6.07) is 0. The van der Waals surface area contributed by atoms with Crippen molar-refractivity contribution in [3.8, 4) is 0 Å². The Kier molecular flexibility index (Phi) is 1.94. The van der Waals surface area contributed by atoms with E-state index in [-0.39, 0.29) is 12.4 Å². The molecule has 2 fully saturated rings. The lowest BCUT2D eigenvalue weighted by Crippen LogP contribution is -2.26. The Bertz CT molecular complexity index is 266. The van der Waals surface area contributed by atoms with E-state index in [4.69, 9.17) is 14.6 Å². The summed E-state index contributed by atoms with van der Waals surface area (Å²) in [6.07, 6.45) is 5.26. The van der Waals surface area contributed by atoms with E-state index in [9.17, 15) is 0 Å². The SMILES string of the molecule is OCC1=CC2CC3(CC2C1)OCCO3. The third-order valence-corrected chi connectivity index (χ3v) is 3.72. The summed E-state index contributed by atoms with van der Waals surface area (Å²) < 4.78 is 11.4. The maximum absolute atomic E-state index is 9.05. The van der Waals surface area contributed by atoms with E-state index in [0.29, 0.717) is 11.8 Å². The molecule has 1 saturated carbocycles. The van der Waals surface area contributed by atoms with Crippen LogP contribution in [0.2, 0.25) is 0 Å². The minimum atomic E-state index is -0.257. The van der Waals surface area contributed by atoms with E-state index in [1.165, 1.54) is 5.57 Å². The van der Waals surface area contributed by atoms with Gasteiger partial charge in [0, 0.05) is 12.8 Å². The molecular weight excluding hydrogens is 180 g/mol. The molecule has 1 saturated heterocycles. The van der Waals surface area contributed by atoms with Gasteiger partial charge in [0.15, 0.2) is 5.79 Å². The van der Waals surface area contributed by atoms with E-state index in [1.54, 1.807) is 0 Å². The van der Waals surface area contributed by atoms with E-state index in [1.807, 2.05) is 0 Å². The van der Waals surface area contributed by atoms with Gasteiger partial charge in [0.1, 0.15) is 0 Å². The summed E-state index contributed by atoms with van der Waals surface area (Å²) >= 11 is 0. The summed E-state index contributed by atoms with van der Waals surface area (Å²) in [5, 5.41) is 9.05. The second-order valence-electron chi connectivity index (χ2n) is 4.63. The van der Waals surface area contributed by atoms with Crippen LogP contribution >= 0.6 is 0 Å². The van der Waals surface area contributed by atoms with Crippen molar-refractivity contribution in [2.24, 2.45) is 11.8 Å². The van der Waals surface area contributed by atoms with E-state index in [2.05, 4.69) is 6.08 Å². The first-order valence-electron chi connectivity index (χ1n) is 5.40. The Balaban J connectivity index is 1.75. The van der Waals surface area contributed by atoms with Crippen LogP contribution in [0.5, 0.6) is 0 Å². The molecular formula is C11H16O3. The number of hydrogen-bond acceptors (Lipinski definition) is 3. The monoisotopic (exact) mass is 196 g/mol. The topological polar surface area (TPSA) is 38.7 Å². The summed E-state index contributed by atoms with van der Waals surface area (Å²) in [5.74, 6) is 0.970. The Morgan fingerprint density at radius 3 is 2.79 bits per heavy atom. The van der Waals surface area contributed by atoms with Gasteiger partial charge in [-0.1, -0.05) is 6.08 Å². The van der Waals surface area contributed by atoms with Crippen molar-refractivity contribution in [3.63, 3.8) is 0 Å². The zero-order valence-corrected chi connectivity index (χ0v) is 8.24. The predicted molar refractivity (Wildman–Crippen MR) is 50.6 cm³/mol. The summed E-state index contributed by atoms with van der Waals surface area (Å²) in [6.45, 7) is 1.72. The average molecular weight is 196 g/mol. The normalized spacial score (nSPS) is 39.1. The third kappa shape index (κ3) is 1.23. The average Bonchev–Trinajstić information content (AvgIpc) is 2.81. The Hall–Kier alpha value is -0.380. The van der Waals surface area contributed by atoms with Gasteiger partial charge in [0.05, 0.1) is 19.8 Å². The summed E-state index contributed by atoms with van der Waals surface area (Å²) in [5.41, 5.74) is 1.20. The van der Waals surface area contributed by atoms with Gasteiger partial charge >= 0.3 is 0 Å². The first kappa shape index (κ1) is 8.89. The molecule has 14 heavy (non-hydrogen) atoms. The molecule has 1 spiro atoms. The molecule has 3 rings (SSSR count). The highest BCUT2D eigenvalue weighted by Crippen LogP contribution is 2.50. The van der Waals surface area contributed by atoms with Crippen LogP contribution < -0.4 is 0 Å². The van der Waals surface area contributed by atoms with Crippen LogP contribution in [0.15, 0.2) is 11.6 Å². The molecule has 1 aliphatic heterocycles. The van der Waals surface area contributed by atoms with Gasteiger partial charge in [0.25, 0.3) is 0 Å². The lowest BCUT2D eigenvalue weighted by Gasteiger charge is -2.22. The van der Waals surface area contributed by atoms with Crippen LogP contribution in [0.4, 0.5) is 0 Å². The van der Waals surface area contributed by atoms with Gasteiger partial charge < -0.3 is 14.6 Å². The van der Waals surface area contributed by atoms with Crippen LogP contribution in [0.1, 0.15) is 19.3 Å². The van der Waals surface area contributed by atoms with Crippen molar-refractivity contribution in [1.82, 2.24) is 0 Å². The fraction of sp³-hybridized carbons (Fsp3) is 0.818. The highest BCUT2D eigenvalue weighted by atomic mass is 16.7. The molecule has 0 bridgehead atoms. The van der Waals surface area contributed by atoms with Crippen LogP contribution in [0, 0.1) is 11.8 Å². The highest BCUT2D eigenvalue weighted by Gasteiger charge is 2.50. The quantitative estimate of drug-likeness (QED) is 0.638. The first-order valence-corrected chi connectivity index (χ1v) is 5.40. The number of aliphatic hydroxyl groups is 1. The molecule has 0 aromatic rings. The van der Waals surface area contributed by atoms with Crippen molar-refractivity contribution in [1.29, 1.82) is 0 Å². The molecule has 2 unspecified atom stereocenters. The summed E-state index contributed by atoms with van der Waals surface area (Å²) in [7, 11) is 0. The Morgan fingerprint density at radius 2 is 2.14 bits per heavy atom. The van der Waals surface area contributed by atoms with Gasteiger partial charge in [-0.15, -0.1) is 0 Å². The molecule has 1 N–H and O–H groups in total. The van der Waals surface area contributed by atoms with Gasteiger partial charge in [-0.2, -0.15) is 0 Å². The molecule has 0 aromatic heterocycles. The second-order valence-corrected chi connectivity index (χ2v) is 4.63. The van der Waals surface area contributed by atoms with Crippen molar-refractivity contribution in [2.45, 2.75) is 25.0 Å². The van der Waals surface area contributed by atoms with Crippen LogP contribution in [0.3, 0.4) is 0 Å². The maximum Gasteiger partial charge on any atom is 0.169 e. The Labute approximate surface area is 83.7 Å². The lowest BCUT2D eigenvalue weighted by atomic mass is 10.00. The smallest absolute Gasteiger partial charge is 0.169 e. The largest absolute Gasteiger partial charge is 0.392 e. The maximum atomic E-state index is 9.05. The molecule has 78 valence electrons. The van der Waals surface area contributed by atoms with Gasteiger partial charge in [-0.25, -0.2) is 0 Å². The summed E-state index contributed by atoms with van der Waals surface area (Å²) in [4.78, 5) is 0. The predicted octanol–water partition coefficient (Wildman–Crippen LogP) is 1.08. The number of ether oxygens (including phenoxy) is 2. The third-order valence-electron chi connectivity index (χ3n) is 3.72. The van der Waals surface area contributed by atoms with Gasteiger partial charge in [-0.3, -0.25) is 0 Å². The molecule has 2 aliphatic carbocycles. The number of allylic oxidation sites excluding steroid dienone is 1. The van der Waals surface area contributed by atoms with E-state index in [0.717, 1.165) is 32.5 Å². The van der Waals surface area contributed by atoms with Crippen molar-refractivity contribution >= 4 is 0 Å². The standard InChI is InChI=1S/C11H16O3/c12-7-8-3-9-5-11(6-10(9)4-8)13-1-2-14-11/h3,9-10,12H,1-2,4-7H2. The van der Waals surface area contributed by atoms with E-state index >= 15 is 0 Å². The molecule has 0 amide bonds. The lowest BCUT2D eigenvalue weighted by molar-refractivity contribution is -0.153. The number of rotatable bonds is 1. The highest BCUT2D eigenvalue weighted by molar-refractivity contribution is 5.18. The van der Waals surface area contributed by atoms with E-state index < -0.39 is 0 Å². The molecule has 0 aromatic carbocycles. The zero-order valence-electron chi connectivity index (χ0n) is 8.24. The fourth-order valence-corrected chi connectivity index (χ4v) is 3.14. The second kappa shape index (κ2) is 3.05. The van der Waals surface area contributed by atoms with Crippen LogP contribution in [-0.2, 0) is 9.47 Å². The molecule has 2 atom stereocenters. The molecule has 0 radical (unpaired) electrons. The zero-order chi connectivity index (χ0) is 9.60. The molecule has 1 heterocycles. The van der Waals surface area contributed by atoms with Crippen molar-refractivity contribution < 1.29 is 14.6 Å². The van der Waals surface area contributed by atoms with Crippen LogP contribution in [0.25, 0.3) is 0 Å². The van der Waals surface area contributed by atoms with Gasteiger partial charge in [0.2, 0.25) is 0 Å². The number of hydrogen-bond donors (Lipinski definition) is 1. The number of aliphatic hydroxyl groups excluding tert-OH is 1. The fourth-order valence-electron chi connectivity index (χ4n) is 3.14. The number of fused-ring (bicyclic) bond motifs is 1. The minimum Gasteiger partial charge on any atom is -0.392 e. The van der Waals surface area contributed by atoms with Crippen LogP contribution in [-0.4, -0.2) is 30.7 Å². The molecule has 3 nitrogen and oxygen atoms in total. The minimum absolute atomic E-state index is 0.224. The van der Waals surface area contributed by atoms with Crippen molar-refractivity contribution in [3.05, 3.63) is 11.6 Å². The molecule has 3 aliphatic rings. The Morgan fingerprint density at radius 1 is 1.36 bits per heavy atom. The van der Waals surface area contributed by atoms with Crippen molar-refractivity contribution in [2.75, 3.05) is 19.8 Å². The first-order chi connectivity index (χ1) is 6.81. The molecule has 3 heteroatoms.